The summed E-state index contributed by atoms with van der Waals surface area (Å²) in [5.74, 6) is -1.74. The van der Waals surface area contributed by atoms with Crippen molar-refractivity contribution in [2.75, 3.05) is 7.11 Å². The molecule has 32 heavy (non-hydrogen) atoms. The number of hydrogen-bond acceptors (Lipinski definition) is 5. The standard InChI is InChI=1S/C22H28F3N3O4/c1-4-13-9-12(2)10-14-11-15(19(22(23,24)25)32-18(13)14)20(29)28-16(21(30)31-3)7-5-6-8-17(26)27/h9-11,16,19H,4-8H2,1-3H3,(H3,26,27)(H,28,29)/t16-,19-/m0/s1. The maximum atomic E-state index is 13.8. The number of nitrogens with one attached hydrogen (secondary N) is 2. The van der Waals surface area contributed by atoms with Gasteiger partial charge in [-0.2, -0.15) is 13.2 Å². The van der Waals surface area contributed by atoms with E-state index in [1.54, 1.807) is 26.0 Å². The molecule has 4 N–H and O–H groups in total. The van der Waals surface area contributed by atoms with Crippen molar-refractivity contribution in [2.45, 2.75) is 64.3 Å². The van der Waals surface area contributed by atoms with Gasteiger partial charge < -0.3 is 20.5 Å². The van der Waals surface area contributed by atoms with Gasteiger partial charge in [-0.15, -0.1) is 0 Å². The van der Waals surface area contributed by atoms with Gasteiger partial charge in [0.1, 0.15) is 11.8 Å². The quantitative estimate of drug-likeness (QED) is 0.228. The van der Waals surface area contributed by atoms with E-state index in [-0.39, 0.29) is 18.0 Å². The van der Waals surface area contributed by atoms with Gasteiger partial charge in [0.15, 0.2) is 0 Å². The van der Waals surface area contributed by atoms with Gasteiger partial charge in [0.25, 0.3) is 5.91 Å². The molecule has 0 bridgehead atoms. The predicted molar refractivity (Wildman–Crippen MR) is 113 cm³/mol. The summed E-state index contributed by atoms with van der Waals surface area (Å²) in [6.07, 6.45) is -4.31. The molecule has 7 nitrogen and oxygen atoms in total. The number of halogens is 3. The fourth-order valence-corrected chi connectivity index (χ4v) is 3.54. The lowest BCUT2D eigenvalue weighted by atomic mass is 9.95. The van der Waals surface area contributed by atoms with Crippen LogP contribution in [0.25, 0.3) is 6.08 Å². The largest absolute Gasteiger partial charge is 0.475 e. The van der Waals surface area contributed by atoms with Gasteiger partial charge in [0.05, 0.1) is 18.5 Å². The SMILES string of the molecule is CCc1cc(C)cc2c1O[C@H](C(F)(F)F)C(C(=O)N[C@@H](CCCCC(=N)N)C(=O)OC)=C2. The number of rotatable bonds is 9. The number of ether oxygens (including phenoxy) is 2. The molecule has 0 saturated carbocycles. The lowest BCUT2D eigenvalue weighted by molar-refractivity contribution is -0.185. The second kappa shape index (κ2) is 10.5. The number of amides is 1. The van der Waals surface area contributed by atoms with Gasteiger partial charge in [-0.3, -0.25) is 10.2 Å². The van der Waals surface area contributed by atoms with Crippen molar-refractivity contribution in [3.05, 3.63) is 34.4 Å². The predicted octanol–water partition coefficient (Wildman–Crippen LogP) is 3.42. The van der Waals surface area contributed by atoms with Crippen molar-refractivity contribution in [3.8, 4) is 5.75 Å². The lowest BCUT2D eigenvalue weighted by Crippen LogP contribution is -2.48. The van der Waals surface area contributed by atoms with Crippen LogP contribution in [0.3, 0.4) is 0 Å². The molecule has 1 amide bonds. The van der Waals surface area contributed by atoms with Crippen LogP contribution in [0.1, 0.15) is 49.3 Å². The van der Waals surface area contributed by atoms with E-state index in [0.29, 0.717) is 36.8 Å². The van der Waals surface area contributed by atoms with Crippen molar-refractivity contribution < 1.29 is 32.2 Å². The molecule has 1 heterocycles. The van der Waals surface area contributed by atoms with Gasteiger partial charge in [0, 0.05) is 12.0 Å². The first-order valence-corrected chi connectivity index (χ1v) is 10.3. The topological polar surface area (TPSA) is 115 Å². The maximum Gasteiger partial charge on any atom is 0.429 e. The molecule has 0 unspecified atom stereocenters. The number of unbranched alkanes of at least 4 members (excludes halogenated alkanes) is 1. The molecule has 1 aliphatic rings. The van der Waals surface area contributed by atoms with Crippen LogP contribution in [0, 0.1) is 12.3 Å². The zero-order chi connectivity index (χ0) is 24.1. The molecular weight excluding hydrogens is 427 g/mol. The number of aryl methyl sites for hydroxylation is 2. The molecule has 176 valence electrons. The first-order valence-electron chi connectivity index (χ1n) is 10.3. The van der Waals surface area contributed by atoms with Crippen LogP contribution in [0.4, 0.5) is 13.2 Å². The number of benzene rings is 1. The van der Waals surface area contributed by atoms with E-state index in [0.717, 1.165) is 12.7 Å². The number of carbonyl (C=O) groups is 2. The summed E-state index contributed by atoms with van der Waals surface area (Å²) in [5.41, 5.74) is 6.48. The fourth-order valence-electron chi connectivity index (χ4n) is 3.54. The van der Waals surface area contributed by atoms with Gasteiger partial charge in [0.2, 0.25) is 6.10 Å². The number of amidine groups is 1. The number of alkyl halides is 3. The van der Waals surface area contributed by atoms with E-state index >= 15 is 0 Å². The Hall–Kier alpha value is -3.04. The molecule has 0 aromatic heterocycles. The average molecular weight is 455 g/mol. The summed E-state index contributed by atoms with van der Waals surface area (Å²) in [4.78, 5) is 24.9. The average Bonchev–Trinajstić information content (AvgIpc) is 2.72. The van der Waals surface area contributed by atoms with E-state index in [1.807, 2.05) is 0 Å². The number of methoxy groups -OCH3 is 1. The molecular formula is C22H28F3N3O4. The summed E-state index contributed by atoms with van der Waals surface area (Å²) >= 11 is 0. The Kier molecular flexibility index (Phi) is 8.29. The van der Waals surface area contributed by atoms with Crippen molar-refractivity contribution in [2.24, 2.45) is 5.73 Å². The minimum absolute atomic E-state index is 0.0124. The van der Waals surface area contributed by atoms with Crippen LogP contribution in [0.2, 0.25) is 0 Å². The van der Waals surface area contributed by atoms with Crippen LogP contribution in [-0.4, -0.2) is 43.1 Å². The summed E-state index contributed by atoms with van der Waals surface area (Å²) < 4.78 is 51.3. The summed E-state index contributed by atoms with van der Waals surface area (Å²) in [6.45, 7) is 3.61. The summed E-state index contributed by atoms with van der Waals surface area (Å²) in [5, 5.41) is 9.58. The first kappa shape index (κ1) is 25.2. The van der Waals surface area contributed by atoms with E-state index in [4.69, 9.17) is 15.9 Å². The Labute approximate surface area is 184 Å². The van der Waals surface area contributed by atoms with Crippen molar-refractivity contribution in [3.63, 3.8) is 0 Å². The number of fused-ring (bicyclic) bond motifs is 1. The van der Waals surface area contributed by atoms with Crippen molar-refractivity contribution in [1.29, 1.82) is 5.41 Å². The normalized spacial score (nSPS) is 16.3. The molecule has 2 atom stereocenters. The molecule has 1 aromatic carbocycles. The molecule has 0 saturated heterocycles. The maximum absolute atomic E-state index is 13.8. The third-order valence-electron chi connectivity index (χ3n) is 5.09. The Morgan fingerprint density at radius 2 is 2.00 bits per heavy atom. The zero-order valence-electron chi connectivity index (χ0n) is 18.3. The van der Waals surface area contributed by atoms with Crippen LogP contribution in [0.15, 0.2) is 17.7 Å². The number of esters is 1. The van der Waals surface area contributed by atoms with Crippen LogP contribution in [0.5, 0.6) is 5.75 Å². The second-order valence-electron chi connectivity index (χ2n) is 7.66. The highest BCUT2D eigenvalue weighted by Crippen LogP contribution is 2.40. The van der Waals surface area contributed by atoms with Crippen molar-refractivity contribution in [1.82, 2.24) is 5.32 Å². The van der Waals surface area contributed by atoms with E-state index in [2.05, 4.69) is 10.1 Å². The Balaban J connectivity index is 2.33. The highest BCUT2D eigenvalue weighted by Gasteiger charge is 2.49. The minimum atomic E-state index is -4.83. The monoisotopic (exact) mass is 455 g/mol. The van der Waals surface area contributed by atoms with E-state index < -0.39 is 35.8 Å². The third-order valence-corrected chi connectivity index (χ3v) is 5.09. The van der Waals surface area contributed by atoms with Gasteiger partial charge in [-0.05, 0) is 49.5 Å². The highest BCUT2D eigenvalue weighted by atomic mass is 19.4. The van der Waals surface area contributed by atoms with Gasteiger partial charge in [-0.1, -0.05) is 19.4 Å². The number of nitrogens with two attached hydrogens (primary N) is 1. The Morgan fingerprint density at radius 1 is 1.31 bits per heavy atom. The Bertz CT molecular complexity index is 912. The second-order valence-corrected chi connectivity index (χ2v) is 7.66. The Morgan fingerprint density at radius 3 is 2.56 bits per heavy atom. The van der Waals surface area contributed by atoms with E-state index in [9.17, 15) is 22.8 Å². The smallest absolute Gasteiger partial charge is 0.429 e. The fraction of sp³-hybridized carbons (Fsp3) is 0.500. The minimum Gasteiger partial charge on any atom is -0.475 e. The lowest BCUT2D eigenvalue weighted by Gasteiger charge is -2.30. The summed E-state index contributed by atoms with van der Waals surface area (Å²) in [6, 6.07) is 2.26. The molecule has 1 aliphatic heterocycles. The van der Waals surface area contributed by atoms with Crippen LogP contribution < -0.4 is 15.8 Å². The van der Waals surface area contributed by atoms with Crippen LogP contribution >= 0.6 is 0 Å². The number of hydrogen-bond donors (Lipinski definition) is 3. The summed E-state index contributed by atoms with van der Waals surface area (Å²) in [7, 11) is 1.13. The molecule has 0 aliphatic carbocycles. The van der Waals surface area contributed by atoms with Gasteiger partial charge in [-0.25, -0.2) is 4.79 Å². The number of carbonyl (C=O) groups excluding carboxylic acids is 2. The molecule has 2 rings (SSSR count). The molecule has 0 radical (unpaired) electrons. The zero-order valence-corrected chi connectivity index (χ0v) is 18.3. The highest BCUT2D eigenvalue weighted by molar-refractivity contribution is 6.02. The van der Waals surface area contributed by atoms with E-state index in [1.165, 1.54) is 6.08 Å². The molecule has 0 spiro atoms. The van der Waals surface area contributed by atoms with Gasteiger partial charge >= 0.3 is 12.1 Å². The molecule has 1 aromatic rings. The molecule has 10 heteroatoms. The third kappa shape index (κ3) is 6.24. The molecule has 0 fully saturated rings. The first-order chi connectivity index (χ1) is 15.0. The van der Waals surface area contributed by atoms with Crippen molar-refractivity contribution >= 4 is 23.8 Å². The van der Waals surface area contributed by atoms with Crippen LogP contribution in [-0.2, 0) is 20.7 Å².